The third-order valence-corrected chi connectivity index (χ3v) is 6.32. The zero-order chi connectivity index (χ0) is 27.2. The first kappa shape index (κ1) is 25.4. The fourth-order valence-electron chi connectivity index (χ4n) is 4.33. The molecule has 0 unspecified atom stereocenters. The van der Waals surface area contributed by atoms with E-state index in [0.717, 1.165) is 16.7 Å². The average Bonchev–Trinajstić information content (AvgIpc) is 2.98. The van der Waals surface area contributed by atoms with E-state index in [0.29, 0.717) is 11.3 Å². The minimum atomic E-state index is -0.405. The number of aromatic hydroxyl groups is 1. The lowest BCUT2D eigenvalue weighted by Crippen LogP contribution is -2.30. The predicted molar refractivity (Wildman–Crippen MR) is 151 cm³/mol. The SMILES string of the molecule is O=C(Nc1ccc(C(=O)N(Cc2ccccc2)c2ccc(F)cc2)cc1O)c1ccccc1-c1ccccc1. The Morgan fingerprint density at radius 1 is 0.744 bits per heavy atom. The first-order valence-electron chi connectivity index (χ1n) is 12.4. The van der Waals surface area contributed by atoms with Crippen molar-refractivity contribution in [1.82, 2.24) is 0 Å². The zero-order valence-corrected chi connectivity index (χ0v) is 20.9. The number of phenols is 1. The molecule has 0 heterocycles. The van der Waals surface area contributed by atoms with Crippen LogP contribution in [0.1, 0.15) is 26.3 Å². The fraction of sp³-hybridized carbons (Fsp3) is 0.0303. The number of hydrogen-bond donors (Lipinski definition) is 2. The standard InChI is InChI=1S/C33H25FN2O3/c34-26-16-18-27(19-17-26)36(22-23-9-3-1-4-10-23)33(39)25-15-20-30(31(37)21-25)35-32(38)29-14-8-7-13-28(29)24-11-5-2-6-12-24/h1-21,37H,22H2,(H,35,38). The van der Waals surface area contributed by atoms with Gasteiger partial charge in [0, 0.05) is 16.8 Å². The van der Waals surface area contributed by atoms with E-state index in [1.165, 1.54) is 41.3 Å². The molecular formula is C33H25FN2O3. The number of anilines is 2. The Balaban J connectivity index is 1.40. The number of nitrogens with zero attached hydrogens (tertiary/aromatic N) is 1. The Morgan fingerprint density at radius 2 is 1.38 bits per heavy atom. The second kappa shape index (κ2) is 11.4. The third kappa shape index (κ3) is 5.86. The fourth-order valence-corrected chi connectivity index (χ4v) is 4.33. The molecule has 0 bridgehead atoms. The molecule has 0 saturated carbocycles. The smallest absolute Gasteiger partial charge is 0.258 e. The summed E-state index contributed by atoms with van der Waals surface area (Å²) in [7, 11) is 0. The number of phenolic OH excluding ortho intramolecular Hbond substituents is 1. The molecule has 0 radical (unpaired) electrons. The average molecular weight is 517 g/mol. The van der Waals surface area contributed by atoms with Crippen LogP contribution in [0.5, 0.6) is 5.75 Å². The molecule has 5 nitrogen and oxygen atoms in total. The maximum atomic E-state index is 13.6. The van der Waals surface area contributed by atoms with Gasteiger partial charge in [0.15, 0.2) is 0 Å². The summed E-state index contributed by atoms with van der Waals surface area (Å²) in [5, 5.41) is 13.5. The molecule has 192 valence electrons. The molecule has 0 saturated heterocycles. The van der Waals surface area contributed by atoms with Crippen LogP contribution in [-0.4, -0.2) is 16.9 Å². The number of rotatable bonds is 7. The zero-order valence-electron chi connectivity index (χ0n) is 20.9. The van der Waals surface area contributed by atoms with Crippen LogP contribution in [0.15, 0.2) is 127 Å². The Kier molecular flexibility index (Phi) is 7.46. The molecule has 6 heteroatoms. The summed E-state index contributed by atoms with van der Waals surface area (Å²) >= 11 is 0. The summed E-state index contributed by atoms with van der Waals surface area (Å²) < 4.78 is 13.6. The van der Waals surface area contributed by atoms with E-state index in [1.54, 1.807) is 18.2 Å². The topological polar surface area (TPSA) is 69.6 Å². The van der Waals surface area contributed by atoms with Crippen LogP contribution in [0.3, 0.4) is 0 Å². The van der Waals surface area contributed by atoms with Crippen LogP contribution >= 0.6 is 0 Å². The van der Waals surface area contributed by atoms with Gasteiger partial charge in [-0.1, -0.05) is 78.9 Å². The van der Waals surface area contributed by atoms with Gasteiger partial charge in [0.2, 0.25) is 0 Å². The van der Waals surface area contributed by atoms with E-state index in [2.05, 4.69) is 5.32 Å². The van der Waals surface area contributed by atoms with Crippen molar-refractivity contribution in [1.29, 1.82) is 0 Å². The van der Waals surface area contributed by atoms with E-state index in [9.17, 15) is 19.1 Å². The second-order valence-corrected chi connectivity index (χ2v) is 8.95. The van der Waals surface area contributed by atoms with Gasteiger partial charge in [-0.05, 0) is 65.2 Å². The van der Waals surface area contributed by atoms with Crippen molar-refractivity contribution in [2.75, 3.05) is 10.2 Å². The highest BCUT2D eigenvalue weighted by atomic mass is 19.1. The van der Waals surface area contributed by atoms with Gasteiger partial charge in [0.25, 0.3) is 11.8 Å². The van der Waals surface area contributed by atoms with E-state index in [1.807, 2.05) is 72.8 Å². The lowest BCUT2D eigenvalue weighted by molar-refractivity contribution is 0.0983. The van der Waals surface area contributed by atoms with Crippen LogP contribution in [0.2, 0.25) is 0 Å². The first-order valence-corrected chi connectivity index (χ1v) is 12.4. The van der Waals surface area contributed by atoms with Crippen molar-refractivity contribution >= 4 is 23.2 Å². The molecule has 0 aromatic heterocycles. The molecule has 39 heavy (non-hydrogen) atoms. The summed E-state index contributed by atoms with van der Waals surface area (Å²) in [6, 6.07) is 36.2. The molecule has 0 fully saturated rings. The van der Waals surface area contributed by atoms with Crippen LogP contribution in [-0.2, 0) is 6.54 Å². The summed E-state index contributed by atoms with van der Waals surface area (Å²) in [4.78, 5) is 28.3. The lowest BCUT2D eigenvalue weighted by atomic mass is 9.99. The highest BCUT2D eigenvalue weighted by molar-refractivity contribution is 6.10. The monoisotopic (exact) mass is 516 g/mol. The first-order chi connectivity index (χ1) is 19.0. The molecule has 0 aliphatic heterocycles. The van der Waals surface area contributed by atoms with Crippen molar-refractivity contribution < 1.29 is 19.1 Å². The van der Waals surface area contributed by atoms with Crippen molar-refractivity contribution in [3.05, 3.63) is 150 Å². The van der Waals surface area contributed by atoms with Gasteiger partial charge in [-0.2, -0.15) is 0 Å². The summed E-state index contributed by atoms with van der Waals surface area (Å²) in [5.41, 5.74) is 3.91. The summed E-state index contributed by atoms with van der Waals surface area (Å²) in [5.74, 6) is -1.42. The molecule has 0 aliphatic rings. The van der Waals surface area contributed by atoms with Crippen LogP contribution in [0.25, 0.3) is 11.1 Å². The summed E-state index contributed by atoms with van der Waals surface area (Å²) in [6.07, 6.45) is 0. The number of benzene rings is 5. The molecule has 2 amide bonds. The van der Waals surface area contributed by atoms with Crippen molar-refractivity contribution in [3.8, 4) is 16.9 Å². The number of nitrogens with one attached hydrogen (secondary N) is 1. The van der Waals surface area contributed by atoms with Gasteiger partial charge in [-0.3, -0.25) is 9.59 Å². The quantitative estimate of drug-likeness (QED) is 0.223. The van der Waals surface area contributed by atoms with E-state index >= 15 is 0 Å². The third-order valence-electron chi connectivity index (χ3n) is 6.32. The molecule has 5 rings (SSSR count). The molecular weight excluding hydrogens is 491 g/mol. The maximum Gasteiger partial charge on any atom is 0.258 e. The highest BCUT2D eigenvalue weighted by Crippen LogP contribution is 2.29. The van der Waals surface area contributed by atoms with Crippen molar-refractivity contribution in [2.45, 2.75) is 6.54 Å². The minimum absolute atomic E-state index is 0.177. The van der Waals surface area contributed by atoms with Gasteiger partial charge < -0.3 is 15.3 Å². The van der Waals surface area contributed by atoms with Crippen LogP contribution in [0.4, 0.5) is 15.8 Å². The number of halogens is 1. The summed E-state index contributed by atoms with van der Waals surface area (Å²) in [6.45, 7) is 0.251. The number of carbonyl (C=O) groups is 2. The minimum Gasteiger partial charge on any atom is -0.506 e. The Bertz CT molecular complexity index is 1600. The lowest BCUT2D eigenvalue weighted by Gasteiger charge is -2.23. The second-order valence-electron chi connectivity index (χ2n) is 8.95. The van der Waals surface area contributed by atoms with Gasteiger partial charge in [0.1, 0.15) is 11.6 Å². The van der Waals surface area contributed by atoms with E-state index < -0.39 is 5.82 Å². The van der Waals surface area contributed by atoms with Gasteiger partial charge in [0.05, 0.1) is 12.2 Å². The Hall–Kier alpha value is -5.23. The Labute approximate surface area is 225 Å². The molecule has 0 spiro atoms. The number of hydrogen-bond acceptors (Lipinski definition) is 3. The van der Waals surface area contributed by atoms with Gasteiger partial charge >= 0.3 is 0 Å². The van der Waals surface area contributed by atoms with Crippen LogP contribution in [0, 0.1) is 5.82 Å². The van der Waals surface area contributed by atoms with Gasteiger partial charge in [-0.25, -0.2) is 4.39 Å². The number of carbonyl (C=O) groups excluding carboxylic acids is 2. The highest BCUT2D eigenvalue weighted by Gasteiger charge is 2.21. The van der Waals surface area contributed by atoms with Crippen molar-refractivity contribution in [3.63, 3.8) is 0 Å². The van der Waals surface area contributed by atoms with E-state index in [-0.39, 0.29) is 35.4 Å². The normalized spacial score (nSPS) is 10.6. The van der Waals surface area contributed by atoms with Crippen molar-refractivity contribution in [2.24, 2.45) is 0 Å². The predicted octanol–water partition coefficient (Wildman–Crippen LogP) is 7.30. The molecule has 0 aliphatic carbocycles. The van der Waals surface area contributed by atoms with Crippen LogP contribution < -0.4 is 10.2 Å². The Morgan fingerprint density at radius 3 is 2.08 bits per heavy atom. The van der Waals surface area contributed by atoms with Gasteiger partial charge in [-0.15, -0.1) is 0 Å². The largest absolute Gasteiger partial charge is 0.506 e. The molecule has 5 aromatic rings. The molecule has 0 atom stereocenters. The molecule has 5 aromatic carbocycles. The number of amides is 2. The molecule has 2 N–H and O–H groups in total. The van der Waals surface area contributed by atoms with E-state index in [4.69, 9.17) is 0 Å². The maximum absolute atomic E-state index is 13.6.